The molecule has 158 valence electrons. The van der Waals surface area contributed by atoms with Gasteiger partial charge in [-0.1, -0.05) is 0 Å². The van der Waals surface area contributed by atoms with Crippen LogP contribution in [0, 0.1) is 0 Å². The van der Waals surface area contributed by atoms with Crippen LogP contribution in [0.25, 0.3) is 11.4 Å². The van der Waals surface area contributed by atoms with Gasteiger partial charge in [0, 0.05) is 37.9 Å². The van der Waals surface area contributed by atoms with Crippen LogP contribution in [0.5, 0.6) is 0 Å². The summed E-state index contributed by atoms with van der Waals surface area (Å²) in [5, 5.41) is 13.1. The van der Waals surface area contributed by atoms with E-state index < -0.39 is 16.1 Å². The van der Waals surface area contributed by atoms with Crippen LogP contribution in [0.3, 0.4) is 0 Å². The second-order valence-electron chi connectivity index (χ2n) is 7.11. The van der Waals surface area contributed by atoms with Gasteiger partial charge in [0.1, 0.15) is 6.33 Å². The Labute approximate surface area is 170 Å². The number of benzene rings is 1. The number of aryl methyl sites for hydroxylation is 1. The van der Waals surface area contributed by atoms with Gasteiger partial charge in [-0.05, 0) is 38.1 Å². The Hall–Kier alpha value is -2.50. The highest BCUT2D eigenvalue weighted by Gasteiger charge is 2.30. The number of amides is 2. The van der Waals surface area contributed by atoms with E-state index in [1.165, 1.54) is 4.31 Å². The summed E-state index contributed by atoms with van der Waals surface area (Å²) in [6.07, 6.45) is 1.32. The Morgan fingerprint density at radius 2 is 1.86 bits per heavy atom. The smallest absolute Gasteiger partial charge is 0.319 e. The summed E-state index contributed by atoms with van der Waals surface area (Å²) in [5.41, 5.74) is 1.46. The minimum absolute atomic E-state index is 0.0192. The Morgan fingerprint density at radius 1 is 1.21 bits per heavy atom. The number of urea groups is 1. The lowest BCUT2D eigenvalue weighted by atomic mass is 10.2. The molecule has 0 saturated carbocycles. The molecular weight excluding hydrogens is 396 g/mol. The number of carbonyl (C=O) groups excluding carboxylic acids is 1. The molecule has 1 aromatic heterocycles. The summed E-state index contributed by atoms with van der Waals surface area (Å²) in [6, 6.07) is 6.68. The van der Waals surface area contributed by atoms with Crippen molar-refractivity contribution < 1.29 is 17.9 Å². The van der Waals surface area contributed by atoms with E-state index in [2.05, 4.69) is 20.8 Å². The van der Waals surface area contributed by atoms with Gasteiger partial charge < -0.3 is 19.9 Å². The third-order valence-corrected chi connectivity index (χ3v) is 6.34. The molecule has 2 N–H and O–H groups in total. The average molecular weight is 423 g/mol. The zero-order valence-corrected chi connectivity index (χ0v) is 17.5. The molecule has 10 nitrogen and oxygen atoms in total. The first-order valence-electron chi connectivity index (χ1n) is 9.37. The molecule has 1 aliphatic rings. The summed E-state index contributed by atoms with van der Waals surface area (Å²) in [5.74, 6) is 0.559. The monoisotopic (exact) mass is 422 g/mol. The van der Waals surface area contributed by atoms with E-state index in [4.69, 9.17) is 4.74 Å². The van der Waals surface area contributed by atoms with Crippen LogP contribution < -0.4 is 10.6 Å². The zero-order valence-electron chi connectivity index (χ0n) is 16.7. The summed E-state index contributed by atoms with van der Waals surface area (Å²) in [7, 11) is -1.61. The second-order valence-corrected chi connectivity index (χ2v) is 9.20. The number of carbonyl (C=O) groups is 1. The number of aromatic nitrogens is 3. The highest BCUT2D eigenvalue weighted by atomic mass is 32.2. The first-order chi connectivity index (χ1) is 13.7. The van der Waals surface area contributed by atoms with Gasteiger partial charge in [0.15, 0.2) is 5.82 Å². The van der Waals surface area contributed by atoms with Crippen molar-refractivity contribution in [2.45, 2.75) is 26.1 Å². The summed E-state index contributed by atoms with van der Waals surface area (Å²) in [4.78, 5) is 12.1. The predicted molar refractivity (Wildman–Crippen MR) is 109 cm³/mol. The van der Waals surface area contributed by atoms with Crippen molar-refractivity contribution in [1.29, 1.82) is 0 Å². The second kappa shape index (κ2) is 8.89. The van der Waals surface area contributed by atoms with Crippen molar-refractivity contribution in [1.82, 2.24) is 24.4 Å². The van der Waals surface area contributed by atoms with Crippen molar-refractivity contribution in [3.8, 4) is 11.4 Å². The number of hydrogen-bond donors (Lipinski definition) is 2. The Kier molecular flexibility index (Phi) is 6.50. The topological polar surface area (TPSA) is 118 Å². The first kappa shape index (κ1) is 21.2. The minimum Gasteiger partial charge on any atom is -0.373 e. The van der Waals surface area contributed by atoms with Crippen LogP contribution in [-0.2, 0) is 21.8 Å². The van der Waals surface area contributed by atoms with Gasteiger partial charge in [0.2, 0.25) is 10.0 Å². The predicted octanol–water partition coefficient (Wildman–Crippen LogP) is 1.04. The minimum atomic E-state index is -3.46. The maximum atomic E-state index is 12.5. The van der Waals surface area contributed by atoms with Crippen LogP contribution in [0.1, 0.15) is 13.8 Å². The largest absolute Gasteiger partial charge is 0.373 e. The molecule has 2 heterocycles. The number of sulfonamides is 1. The van der Waals surface area contributed by atoms with Gasteiger partial charge in [-0.3, -0.25) is 0 Å². The molecule has 1 aromatic carbocycles. The quantitative estimate of drug-likeness (QED) is 0.718. The van der Waals surface area contributed by atoms with Gasteiger partial charge in [-0.25, -0.2) is 13.2 Å². The number of ether oxygens (including phenoxy) is 1. The van der Waals surface area contributed by atoms with Crippen molar-refractivity contribution in [3.05, 3.63) is 30.6 Å². The van der Waals surface area contributed by atoms with Crippen molar-refractivity contribution in [2.24, 2.45) is 7.05 Å². The van der Waals surface area contributed by atoms with E-state index in [0.29, 0.717) is 18.8 Å². The average Bonchev–Trinajstić information content (AvgIpc) is 3.07. The van der Waals surface area contributed by atoms with E-state index in [1.807, 2.05) is 33.0 Å². The van der Waals surface area contributed by atoms with Gasteiger partial charge in [0.05, 0.1) is 18.0 Å². The lowest BCUT2D eigenvalue weighted by Crippen LogP contribution is -2.49. The number of hydrogen-bond acceptors (Lipinski definition) is 6. The fourth-order valence-corrected chi connectivity index (χ4v) is 4.70. The molecule has 0 bridgehead atoms. The molecule has 11 heteroatoms. The number of anilines is 1. The molecule has 2 aromatic rings. The number of rotatable bonds is 6. The molecule has 2 atom stereocenters. The van der Waals surface area contributed by atoms with Gasteiger partial charge in [-0.2, -0.15) is 4.31 Å². The third-order valence-electron chi connectivity index (χ3n) is 4.54. The van der Waals surface area contributed by atoms with Crippen LogP contribution >= 0.6 is 0 Å². The van der Waals surface area contributed by atoms with E-state index >= 15 is 0 Å². The zero-order chi connectivity index (χ0) is 21.0. The van der Waals surface area contributed by atoms with Gasteiger partial charge in [-0.15, -0.1) is 10.2 Å². The fraction of sp³-hybridized carbons (Fsp3) is 0.500. The van der Waals surface area contributed by atoms with Crippen molar-refractivity contribution >= 4 is 21.7 Å². The molecular formula is C18H26N6O4S. The molecule has 0 aliphatic carbocycles. The summed E-state index contributed by atoms with van der Waals surface area (Å²) < 4.78 is 33.7. The van der Waals surface area contributed by atoms with E-state index in [0.717, 1.165) is 11.4 Å². The lowest BCUT2D eigenvalue weighted by molar-refractivity contribution is -0.0440. The molecule has 0 unspecified atom stereocenters. The highest BCUT2D eigenvalue weighted by molar-refractivity contribution is 7.89. The number of nitrogens with zero attached hydrogens (tertiary/aromatic N) is 4. The van der Waals surface area contributed by atoms with Crippen LogP contribution in [0.2, 0.25) is 0 Å². The number of nitrogens with one attached hydrogen (secondary N) is 2. The maximum absolute atomic E-state index is 12.5. The molecule has 1 fully saturated rings. The molecule has 0 spiro atoms. The van der Waals surface area contributed by atoms with Crippen molar-refractivity contribution in [2.75, 3.05) is 30.7 Å². The first-order valence-corrected chi connectivity index (χ1v) is 11.0. The lowest BCUT2D eigenvalue weighted by Gasteiger charge is -2.34. The summed E-state index contributed by atoms with van der Waals surface area (Å²) >= 11 is 0. The SMILES string of the molecule is C[C@H]1CN(S(=O)(=O)CCNC(=O)Nc2ccc(-c3nncn3C)cc2)C[C@H](C)O1. The third kappa shape index (κ3) is 5.52. The van der Waals surface area contributed by atoms with Crippen molar-refractivity contribution in [3.63, 3.8) is 0 Å². The Morgan fingerprint density at radius 3 is 2.45 bits per heavy atom. The van der Waals surface area contributed by atoms with Gasteiger partial charge in [0.25, 0.3) is 0 Å². The normalized spacial score (nSPS) is 20.4. The van der Waals surface area contributed by atoms with Gasteiger partial charge >= 0.3 is 6.03 Å². The Balaban J connectivity index is 1.48. The summed E-state index contributed by atoms with van der Waals surface area (Å²) in [6.45, 7) is 4.37. The molecule has 3 rings (SSSR count). The van der Waals surface area contributed by atoms with Crippen LogP contribution in [0.4, 0.5) is 10.5 Å². The standard InChI is InChI=1S/C18H26N6O4S/c1-13-10-24(11-14(2)28-13)29(26,27)9-8-19-18(25)21-16-6-4-15(5-7-16)17-22-20-12-23(17)3/h4-7,12-14H,8-11H2,1-3H3,(H2,19,21,25)/t13-,14-/m0/s1. The maximum Gasteiger partial charge on any atom is 0.319 e. The molecule has 1 aliphatic heterocycles. The fourth-order valence-electron chi connectivity index (χ4n) is 3.20. The number of morpholine rings is 1. The van der Waals surface area contributed by atoms with E-state index in [-0.39, 0.29) is 24.5 Å². The molecule has 2 amide bonds. The molecule has 0 radical (unpaired) electrons. The molecule has 1 saturated heterocycles. The van der Waals surface area contributed by atoms with E-state index in [1.54, 1.807) is 23.0 Å². The molecule has 29 heavy (non-hydrogen) atoms. The highest BCUT2D eigenvalue weighted by Crippen LogP contribution is 2.18. The Bertz CT molecular complexity index is 934. The van der Waals surface area contributed by atoms with Crippen LogP contribution in [-0.4, -0.2) is 71.1 Å². The van der Waals surface area contributed by atoms with Crippen LogP contribution in [0.15, 0.2) is 30.6 Å². The van der Waals surface area contributed by atoms with E-state index in [9.17, 15) is 13.2 Å².